The summed E-state index contributed by atoms with van der Waals surface area (Å²) in [6.45, 7) is 3.50. The topological polar surface area (TPSA) is 208 Å². The fourth-order valence-corrected chi connectivity index (χ4v) is 2.20. The van der Waals surface area contributed by atoms with E-state index in [0.717, 1.165) is 0 Å². The van der Waals surface area contributed by atoms with Gasteiger partial charge >= 0.3 is 5.97 Å². The number of carboxylic acids is 1. The number of carbonyl (C=O) groups excluding carboxylic acids is 4. The molecule has 0 saturated heterocycles. The number of rotatable bonds is 13. The number of carbonyl (C=O) groups is 5. The van der Waals surface area contributed by atoms with Crippen LogP contribution >= 0.6 is 0 Å². The summed E-state index contributed by atoms with van der Waals surface area (Å²) < 4.78 is 0. The molecule has 0 aliphatic carbocycles. The maximum atomic E-state index is 12.5. The van der Waals surface area contributed by atoms with E-state index < -0.39 is 47.7 Å². The van der Waals surface area contributed by atoms with Crippen molar-refractivity contribution < 1.29 is 29.1 Å². The molecule has 0 heterocycles. The van der Waals surface area contributed by atoms with Crippen LogP contribution < -0.4 is 27.8 Å². The molecule has 0 aliphatic rings. The van der Waals surface area contributed by atoms with Crippen molar-refractivity contribution in [1.29, 1.82) is 0 Å². The molecule has 11 heteroatoms. The second kappa shape index (κ2) is 11.8. The van der Waals surface area contributed by atoms with E-state index in [1.54, 1.807) is 13.8 Å². The number of carboxylic acid groups (broad SMARTS) is 1. The molecule has 9 N–H and O–H groups in total. The van der Waals surface area contributed by atoms with Gasteiger partial charge in [0, 0.05) is 12.8 Å². The highest BCUT2D eigenvalue weighted by Gasteiger charge is 2.31. The summed E-state index contributed by atoms with van der Waals surface area (Å²) in [6, 6.07) is -3.39. The van der Waals surface area contributed by atoms with Gasteiger partial charge in [0.25, 0.3) is 0 Å². The van der Waals surface area contributed by atoms with Gasteiger partial charge in [-0.25, -0.2) is 4.79 Å². The predicted molar refractivity (Wildman–Crippen MR) is 95.8 cm³/mol. The molecule has 154 valence electrons. The number of hydrogen-bond donors (Lipinski definition) is 6. The third-order valence-corrected chi connectivity index (χ3v) is 4.13. The van der Waals surface area contributed by atoms with Gasteiger partial charge in [-0.1, -0.05) is 20.3 Å². The van der Waals surface area contributed by atoms with Crippen LogP contribution in [0.5, 0.6) is 0 Å². The molecule has 0 aliphatic heterocycles. The Morgan fingerprint density at radius 1 is 0.926 bits per heavy atom. The lowest BCUT2D eigenvalue weighted by Crippen LogP contribution is -2.56. The molecule has 0 bridgehead atoms. The summed E-state index contributed by atoms with van der Waals surface area (Å²) in [6.07, 6.45) is 0.0780. The first kappa shape index (κ1) is 24.3. The van der Waals surface area contributed by atoms with Crippen molar-refractivity contribution in [2.24, 2.45) is 23.1 Å². The number of hydrogen-bond acceptors (Lipinski definition) is 6. The minimum atomic E-state index is -1.32. The van der Waals surface area contributed by atoms with E-state index >= 15 is 0 Å². The van der Waals surface area contributed by atoms with E-state index in [1.807, 2.05) is 0 Å². The lowest BCUT2D eigenvalue weighted by molar-refractivity contribution is -0.142. The van der Waals surface area contributed by atoms with Crippen LogP contribution in [0.2, 0.25) is 0 Å². The van der Waals surface area contributed by atoms with E-state index in [9.17, 15) is 29.1 Å². The van der Waals surface area contributed by atoms with Crippen molar-refractivity contribution in [2.45, 2.75) is 64.1 Å². The molecule has 0 aromatic carbocycles. The average Bonchev–Trinajstić information content (AvgIpc) is 2.59. The fourth-order valence-electron chi connectivity index (χ4n) is 2.20. The maximum Gasteiger partial charge on any atom is 0.326 e. The van der Waals surface area contributed by atoms with Gasteiger partial charge in [-0.3, -0.25) is 19.2 Å². The smallest absolute Gasteiger partial charge is 0.326 e. The molecule has 0 fully saturated rings. The number of primary amides is 2. The average molecular weight is 387 g/mol. The lowest BCUT2D eigenvalue weighted by Gasteiger charge is -2.26. The summed E-state index contributed by atoms with van der Waals surface area (Å²) in [5, 5.41) is 14.0. The minimum Gasteiger partial charge on any atom is -0.480 e. The van der Waals surface area contributed by atoms with Crippen LogP contribution in [0.3, 0.4) is 0 Å². The Hall–Kier alpha value is -2.69. The SMILES string of the molecule is CCC(C)C(NC(=O)C(N)CCC(N)=O)C(=O)NC(CCC(N)=O)C(=O)O. The summed E-state index contributed by atoms with van der Waals surface area (Å²) in [4.78, 5) is 57.6. The van der Waals surface area contributed by atoms with Gasteiger partial charge in [-0.05, 0) is 18.8 Å². The first-order valence-electron chi connectivity index (χ1n) is 8.65. The Balaban J connectivity index is 5.07. The molecular formula is C16H29N5O6. The fraction of sp³-hybridized carbons (Fsp3) is 0.688. The molecule has 0 rings (SSSR count). The standard InChI is InChI=1S/C16H29N5O6/c1-3-8(2)13(21-14(24)9(17)4-6-11(18)22)15(25)20-10(16(26)27)5-7-12(19)23/h8-10,13H,3-7,17H2,1-2H3,(H2,18,22)(H2,19,23)(H,20,25)(H,21,24)(H,26,27). The molecule has 0 radical (unpaired) electrons. The molecule has 0 spiro atoms. The highest BCUT2D eigenvalue weighted by atomic mass is 16.4. The molecule has 0 saturated carbocycles. The van der Waals surface area contributed by atoms with Gasteiger partial charge in [-0.15, -0.1) is 0 Å². The largest absolute Gasteiger partial charge is 0.480 e. The first-order valence-corrected chi connectivity index (χ1v) is 8.65. The maximum absolute atomic E-state index is 12.5. The van der Waals surface area contributed by atoms with Gasteiger partial charge in [0.1, 0.15) is 12.1 Å². The number of aliphatic carboxylic acids is 1. The van der Waals surface area contributed by atoms with Gasteiger partial charge < -0.3 is 32.9 Å². The Morgan fingerprint density at radius 2 is 1.44 bits per heavy atom. The van der Waals surface area contributed by atoms with E-state index in [0.29, 0.717) is 6.42 Å². The summed E-state index contributed by atoms with van der Waals surface area (Å²) in [5.74, 6) is -4.30. The third kappa shape index (κ3) is 9.54. The van der Waals surface area contributed by atoms with E-state index in [4.69, 9.17) is 17.2 Å². The first-order chi connectivity index (χ1) is 12.5. The second-order valence-corrected chi connectivity index (χ2v) is 6.39. The molecule has 27 heavy (non-hydrogen) atoms. The monoisotopic (exact) mass is 387 g/mol. The highest BCUT2D eigenvalue weighted by molar-refractivity contribution is 5.92. The Labute approximate surface area is 157 Å². The summed E-state index contributed by atoms with van der Waals surface area (Å²) in [7, 11) is 0. The predicted octanol–water partition coefficient (Wildman–Crippen LogP) is -2.05. The van der Waals surface area contributed by atoms with Crippen LogP contribution in [0.15, 0.2) is 0 Å². The summed E-state index contributed by atoms with van der Waals surface area (Å²) in [5.41, 5.74) is 15.7. The third-order valence-electron chi connectivity index (χ3n) is 4.13. The van der Waals surface area contributed by atoms with Crippen LogP contribution in [-0.4, -0.2) is 52.8 Å². The molecule has 4 amide bonds. The van der Waals surface area contributed by atoms with E-state index in [1.165, 1.54) is 0 Å². The molecule has 11 nitrogen and oxygen atoms in total. The Morgan fingerprint density at radius 3 is 1.89 bits per heavy atom. The van der Waals surface area contributed by atoms with E-state index in [-0.39, 0.29) is 31.6 Å². The Kier molecular flexibility index (Phi) is 10.7. The highest BCUT2D eigenvalue weighted by Crippen LogP contribution is 2.10. The Bertz CT molecular complexity index is 568. The molecule has 4 unspecified atom stereocenters. The number of amides is 4. The van der Waals surface area contributed by atoms with Crippen molar-refractivity contribution in [3.63, 3.8) is 0 Å². The zero-order valence-electron chi connectivity index (χ0n) is 15.6. The van der Waals surface area contributed by atoms with Crippen LogP contribution in [0.1, 0.15) is 46.0 Å². The minimum absolute atomic E-state index is 0.0202. The van der Waals surface area contributed by atoms with Gasteiger partial charge in [0.2, 0.25) is 23.6 Å². The number of nitrogens with one attached hydrogen (secondary N) is 2. The zero-order valence-corrected chi connectivity index (χ0v) is 15.6. The van der Waals surface area contributed by atoms with Crippen LogP contribution in [0, 0.1) is 5.92 Å². The van der Waals surface area contributed by atoms with Crippen molar-refractivity contribution in [2.75, 3.05) is 0 Å². The molecule has 4 atom stereocenters. The van der Waals surface area contributed by atoms with Crippen molar-refractivity contribution in [3.8, 4) is 0 Å². The van der Waals surface area contributed by atoms with Crippen LogP contribution in [0.4, 0.5) is 0 Å². The van der Waals surface area contributed by atoms with Gasteiger partial charge in [0.15, 0.2) is 0 Å². The van der Waals surface area contributed by atoms with Crippen molar-refractivity contribution in [1.82, 2.24) is 10.6 Å². The van der Waals surface area contributed by atoms with Gasteiger partial charge in [-0.2, -0.15) is 0 Å². The lowest BCUT2D eigenvalue weighted by atomic mass is 9.97. The number of nitrogens with two attached hydrogens (primary N) is 3. The molecular weight excluding hydrogens is 358 g/mol. The molecule has 0 aromatic heterocycles. The zero-order chi connectivity index (χ0) is 21.1. The van der Waals surface area contributed by atoms with Crippen molar-refractivity contribution >= 4 is 29.6 Å². The quantitative estimate of drug-likeness (QED) is 0.208. The van der Waals surface area contributed by atoms with Crippen LogP contribution in [0.25, 0.3) is 0 Å². The second-order valence-electron chi connectivity index (χ2n) is 6.39. The summed E-state index contributed by atoms with van der Waals surface area (Å²) >= 11 is 0. The molecule has 0 aromatic rings. The normalized spacial score (nSPS) is 15.1. The van der Waals surface area contributed by atoms with Gasteiger partial charge in [0.05, 0.1) is 6.04 Å². The van der Waals surface area contributed by atoms with Crippen LogP contribution in [-0.2, 0) is 24.0 Å². The van der Waals surface area contributed by atoms with E-state index in [2.05, 4.69) is 10.6 Å². The van der Waals surface area contributed by atoms with Crippen molar-refractivity contribution in [3.05, 3.63) is 0 Å².